The van der Waals surface area contributed by atoms with Crippen LogP contribution in [0.4, 0.5) is 0 Å². The maximum absolute atomic E-state index is 12.1. The van der Waals surface area contributed by atoms with Gasteiger partial charge in [-0.05, 0) is 38.0 Å². The summed E-state index contributed by atoms with van der Waals surface area (Å²) in [5.74, 6) is 1.07. The lowest BCUT2D eigenvalue weighted by molar-refractivity contribution is -0.124. The van der Waals surface area contributed by atoms with Crippen molar-refractivity contribution in [3.63, 3.8) is 0 Å². The number of hydrogen-bond acceptors (Lipinski definition) is 2. The van der Waals surface area contributed by atoms with Gasteiger partial charge in [-0.2, -0.15) is 0 Å². The molecule has 2 N–H and O–H groups in total. The number of unbranched alkanes of at least 4 members (excludes halogenated alkanes) is 3. The number of nitrogens with one attached hydrogen (secondary N) is 2. The van der Waals surface area contributed by atoms with Crippen LogP contribution in [0, 0.1) is 5.92 Å². The quantitative estimate of drug-likeness (QED) is 0.726. The van der Waals surface area contributed by atoms with Crippen molar-refractivity contribution < 1.29 is 4.79 Å². The molecule has 3 nitrogen and oxygen atoms in total. The molecule has 110 valence electrons. The van der Waals surface area contributed by atoms with Gasteiger partial charge in [0.15, 0.2) is 0 Å². The van der Waals surface area contributed by atoms with Gasteiger partial charge >= 0.3 is 0 Å². The van der Waals surface area contributed by atoms with Crippen molar-refractivity contribution in [1.29, 1.82) is 0 Å². The topological polar surface area (TPSA) is 41.1 Å². The van der Waals surface area contributed by atoms with Crippen LogP contribution in [0.15, 0.2) is 0 Å². The molecule has 0 aromatic rings. The van der Waals surface area contributed by atoms with Crippen molar-refractivity contribution in [2.75, 3.05) is 6.54 Å². The van der Waals surface area contributed by atoms with Crippen molar-refractivity contribution in [3.8, 4) is 0 Å². The Morgan fingerprint density at radius 2 is 1.95 bits per heavy atom. The van der Waals surface area contributed by atoms with E-state index in [1.54, 1.807) is 0 Å². The van der Waals surface area contributed by atoms with Crippen molar-refractivity contribution in [1.82, 2.24) is 10.6 Å². The molecule has 1 amide bonds. The number of rotatable bonds is 6. The lowest BCUT2D eigenvalue weighted by atomic mass is 9.77. The molecule has 19 heavy (non-hydrogen) atoms. The highest BCUT2D eigenvalue weighted by atomic mass is 16.2. The van der Waals surface area contributed by atoms with Crippen molar-refractivity contribution >= 4 is 5.91 Å². The lowest BCUT2D eigenvalue weighted by Crippen LogP contribution is -2.55. The van der Waals surface area contributed by atoms with E-state index in [-0.39, 0.29) is 11.9 Å². The van der Waals surface area contributed by atoms with Gasteiger partial charge in [0.05, 0.1) is 6.04 Å². The summed E-state index contributed by atoms with van der Waals surface area (Å²) in [7, 11) is 0. The van der Waals surface area contributed by atoms with E-state index < -0.39 is 0 Å². The smallest absolute Gasteiger partial charge is 0.237 e. The summed E-state index contributed by atoms with van der Waals surface area (Å²) >= 11 is 0. The largest absolute Gasteiger partial charge is 0.355 e. The number of amides is 1. The molecule has 0 radical (unpaired) electrons. The Kier molecular flexibility index (Phi) is 6.15. The molecular weight excluding hydrogens is 236 g/mol. The molecule has 2 fully saturated rings. The van der Waals surface area contributed by atoms with E-state index in [2.05, 4.69) is 17.6 Å². The van der Waals surface area contributed by atoms with Crippen LogP contribution in [0.2, 0.25) is 0 Å². The molecular formula is C16H30N2O. The van der Waals surface area contributed by atoms with Crippen LogP contribution in [-0.2, 0) is 4.79 Å². The highest BCUT2D eigenvalue weighted by Crippen LogP contribution is 2.32. The zero-order valence-corrected chi connectivity index (χ0v) is 12.4. The van der Waals surface area contributed by atoms with E-state index in [0.29, 0.717) is 6.04 Å². The summed E-state index contributed by atoms with van der Waals surface area (Å²) in [5, 5.41) is 6.70. The van der Waals surface area contributed by atoms with E-state index >= 15 is 0 Å². The molecule has 0 aromatic heterocycles. The van der Waals surface area contributed by atoms with Gasteiger partial charge in [-0.1, -0.05) is 39.0 Å². The Balaban J connectivity index is 1.65. The molecule has 3 unspecified atom stereocenters. The third-order valence-corrected chi connectivity index (χ3v) is 4.80. The number of piperidine rings is 1. The average Bonchev–Trinajstić information content (AvgIpc) is 2.46. The fourth-order valence-electron chi connectivity index (χ4n) is 3.59. The minimum Gasteiger partial charge on any atom is -0.355 e. The van der Waals surface area contributed by atoms with Crippen LogP contribution in [0.1, 0.15) is 71.1 Å². The van der Waals surface area contributed by atoms with E-state index in [0.717, 1.165) is 25.3 Å². The molecule has 1 aliphatic carbocycles. The summed E-state index contributed by atoms with van der Waals surface area (Å²) in [6.45, 7) is 3.07. The summed E-state index contributed by atoms with van der Waals surface area (Å²) in [6.07, 6.45) is 12.5. The third kappa shape index (κ3) is 4.48. The Hall–Kier alpha value is -0.570. The highest BCUT2D eigenvalue weighted by Gasteiger charge is 2.34. The molecule has 0 bridgehead atoms. The highest BCUT2D eigenvalue weighted by molar-refractivity contribution is 5.81. The van der Waals surface area contributed by atoms with Gasteiger partial charge in [-0.3, -0.25) is 4.79 Å². The Labute approximate surface area is 117 Å². The van der Waals surface area contributed by atoms with Crippen LogP contribution < -0.4 is 10.6 Å². The SMILES string of the molecule is CCCCCCNC(=O)C1CCC2CCCCC2N1. The summed E-state index contributed by atoms with van der Waals surface area (Å²) in [4.78, 5) is 12.1. The fourth-order valence-corrected chi connectivity index (χ4v) is 3.59. The van der Waals surface area contributed by atoms with E-state index in [1.807, 2.05) is 0 Å². The van der Waals surface area contributed by atoms with E-state index in [9.17, 15) is 4.79 Å². The number of carbonyl (C=O) groups excluding carboxylic acids is 1. The first kappa shape index (κ1) is 14.8. The van der Waals surface area contributed by atoms with Crippen LogP contribution in [0.5, 0.6) is 0 Å². The second-order valence-electron chi connectivity index (χ2n) is 6.30. The lowest BCUT2D eigenvalue weighted by Gasteiger charge is -2.39. The Morgan fingerprint density at radius 3 is 2.79 bits per heavy atom. The minimum atomic E-state index is 0.0746. The second-order valence-corrected chi connectivity index (χ2v) is 6.30. The Bertz CT molecular complexity index is 280. The van der Waals surface area contributed by atoms with Crippen molar-refractivity contribution in [2.24, 2.45) is 5.92 Å². The molecule has 0 aromatic carbocycles. The van der Waals surface area contributed by atoms with Gasteiger partial charge in [-0.25, -0.2) is 0 Å². The molecule has 1 aliphatic heterocycles. The molecule has 1 saturated carbocycles. The van der Waals surface area contributed by atoms with Gasteiger partial charge < -0.3 is 10.6 Å². The third-order valence-electron chi connectivity index (χ3n) is 4.80. The molecule has 1 heterocycles. The Morgan fingerprint density at radius 1 is 1.11 bits per heavy atom. The minimum absolute atomic E-state index is 0.0746. The fraction of sp³-hybridized carbons (Fsp3) is 0.938. The molecule has 3 heteroatoms. The van der Waals surface area contributed by atoms with Crippen molar-refractivity contribution in [2.45, 2.75) is 83.2 Å². The van der Waals surface area contributed by atoms with Crippen LogP contribution >= 0.6 is 0 Å². The zero-order chi connectivity index (χ0) is 13.5. The summed E-state index contributed by atoms with van der Waals surface area (Å²) < 4.78 is 0. The number of hydrogen-bond donors (Lipinski definition) is 2. The van der Waals surface area contributed by atoms with Crippen molar-refractivity contribution in [3.05, 3.63) is 0 Å². The van der Waals surface area contributed by atoms with Gasteiger partial charge in [-0.15, -0.1) is 0 Å². The molecule has 2 rings (SSSR count). The summed E-state index contributed by atoms with van der Waals surface area (Å²) in [5.41, 5.74) is 0. The maximum atomic E-state index is 12.1. The van der Waals surface area contributed by atoms with E-state index in [1.165, 1.54) is 51.4 Å². The first-order valence-electron chi connectivity index (χ1n) is 8.35. The summed E-state index contributed by atoms with van der Waals surface area (Å²) in [6, 6.07) is 0.684. The van der Waals surface area contributed by atoms with Gasteiger partial charge in [0.25, 0.3) is 0 Å². The standard InChI is InChI=1S/C16H30N2O/c1-2-3-4-7-12-17-16(19)15-11-10-13-8-5-6-9-14(13)18-15/h13-15,18H,2-12H2,1H3,(H,17,19). The first-order valence-corrected chi connectivity index (χ1v) is 8.35. The molecule has 3 atom stereocenters. The van der Waals surface area contributed by atoms with Gasteiger partial charge in [0, 0.05) is 12.6 Å². The average molecular weight is 266 g/mol. The van der Waals surface area contributed by atoms with Gasteiger partial charge in [0.1, 0.15) is 0 Å². The van der Waals surface area contributed by atoms with E-state index in [4.69, 9.17) is 0 Å². The van der Waals surface area contributed by atoms with Crippen LogP contribution in [0.3, 0.4) is 0 Å². The second kappa shape index (κ2) is 7.88. The predicted molar refractivity (Wildman–Crippen MR) is 79.1 cm³/mol. The molecule has 2 aliphatic rings. The number of fused-ring (bicyclic) bond motifs is 1. The normalized spacial score (nSPS) is 30.7. The monoisotopic (exact) mass is 266 g/mol. The van der Waals surface area contributed by atoms with Crippen LogP contribution in [0.25, 0.3) is 0 Å². The maximum Gasteiger partial charge on any atom is 0.237 e. The molecule has 1 saturated heterocycles. The first-order chi connectivity index (χ1) is 9.31. The van der Waals surface area contributed by atoms with Crippen LogP contribution in [-0.4, -0.2) is 24.5 Å². The predicted octanol–water partition coefficient (Wildman–Crippen LogP) is 2.99. The molecule has 0 spiro atoms. The number of carbonyl (C=O) groups is 1. The zero-order valence-electron chi connectivity index (χ0n) is 12.4. The van der Waals surface area contributed by atoms with Gasteiger partial charge in [0.2, 0.25) is 5.91 Å².